The van der Waals surface area contributed by atoms with Crippen molar-refractivity contribution in [2.24, 2.45) is 5.92 Å². The molecule has 0 aromatic carbocycles. The topological polar surface area (TPSA) is 62.3 Å². The Morgan fingerprint density at radius 3 is 2.60 bits per heavy atom. The number of ether oxygens (including phenoxy) is 1. The van der Waals surface area contributed by atoms with E-state index < -0.39 is 0 Å². The third kappa shape index (κ3) is 3.50. The van der Waals surface area contributed by atoms with Crippen molar-refractivity contribution in [1.82, 2.24) is 14.9 Å². The molecule has 2 heterocycles. The molecule has 1 fully saturated rings. The number of hydrogen-bond donors (Lipinski definition) is 2. The lowest BCUT2D eigenvalue weighted by atomic mass is 9.97. The van der Waals surface area contributed by atoms with Crippen molar-refractivity contribution in [2.75, 3.05) is 51.0 Å². The molecule has 2 N–H and O–H groups in total. The Balaban J connectivity index is 1.91. The third-order valence-electron chi connectivity index (χ3n) is 3.96. The van der Waals surface area contributed by atoms with Crippen LogP contribution < -0.4 is 15.4 Å². The van der Waals surface area contributed by atoms with Gasteiger partial charge in [0, 0.05) is 13.6 Å². The van der Waals surface area contributed by atoms with Crippen LogP contribution in [0, 0.1) is 5.92 Å². The van der Waals surface area contributed by atoms with E-state index in [1.54, 1.807) is 13.4 Å². The van der Waals surface area contributed by atoms with E-state index in [0.29, 0.717) is 17.5 Å². The normalized spacial score (nSPS) is 16.9. The molecule has 0 aliphatic carbocycles. The second kappa shape index (κ2) is 7.28. The van der Waals surface area contributed by atoms with E-state index in [1.807, 2.05) is 7.05 Å². The first-order valence-corrected chi connectivity index (χ1v) is 7.31. The number of hydrogen-bond acceptors (Lipinski definition) is 6. The molecule has 1 aromatic rings. The summed E-state index contributed by atoms with van der Waals surface area (Å²) in [4.78, 5) is 10.9. The molecular formula is C14H25N5O. The lowest BCUT2D eigenvalue weighted by molar-refractivity contribution is 0.198. The second-order valence-corrected chi connectivity index (χ2v) is 5.11. The summed E-state index contributed by atoms with van der Waals surface area (Å²) in [5, 5.41) is 6.42. The molecule has 1 saturated heterocycles. The molecule has 1 aromatic heterocycles. The fourth-order valence-electron chi connectivity index (χ4n) is 2.62. The maximum absolute atomic E-state index is 5.38. The number of anilines is 2. The molecule has 20 heavy (non-hydrogen) atoms. The zero-order valence-corrected chi connectivity index (χ0v) is 12.6. The smallest absolute Gasteiger partial charge is 0.204 e. The molecule has 112 valence electrons. The monoisotopic (exact) mass is 279 g/mol. The summed E-state index contributed by atoms with van der Waals surface area (Å²) in [6.45, 7) is 6.72. The fraction of sp³-hybridized carbons (Fsp3) is 0.714. The van der Waals surface area contributed by atoms with Gasteiger partial charge in [-0.2, -0.15) is 0 Å². The van der Waals surface area contributed by atoms with Crippen molar-refractivity contribution in [3.63, 3.8) is 0 Å². The number of piperidine rings is 1. The van der Waals surface area contributed by atoms with Gasteiger partial charge in [-0.3, -0.25) is 0 Å². The van der Waals surface area contributed by atoms with Crippen LogP contribution in [0.4, 0.5) is 11.6 Å². The molecule has 0 unspecified atom stereocenters. The van der Waals surface area contributed by atoms with Crippen molar-refractivity contribution in [1.29, 1.82) is 0 Å². The minimum Gasteiger partial charge on any atom is -0.490 e. The van der Waals surface area contributed by atoms with Crippen molar-refractivity contribution in [2.45, 2.75) is 19.8 Å². The van der Waals surface area contributed by atoms with E-state index in [1.165, 1.54) is 25.9 Å². The summed E-state index contributed by atoms with van der Waals surface area (Å²) in [6, 6.07) is 0. The zero-order valence-electron chi connectivity index (χ0n) is 12.6. The predicted octanol–water partition coefficient (Wildman–Crippen LogP) is 1.67. The summed E-state index contributed by atoms with van der Waals surface area (Å²) in [5.41, 5.74) is 0. The summed E-state index contributed by atoms with van der Waals surface area (Å²) < 4.78 is 5.38. The van der Waals surface area contributed by atoms with E-state index >= 15 is 0 Å². The lowest BCUT2D eigenvalue weighted by Gasteiger charge is -2.31. The van der Waals surface area contributed by atoms with Gasteiger partial charge in [-0.25, -0.2) is 9.97 Å². The first-order chi connectivity index (χ1) is 9.78. The maximum Gasteiger partial charge on any atom is 0.204 e. The van der Waals surface area contributed by atoms with Gasteiger partial charge in [-0.05, 0) is 38.4 Å². The summed E-state index contributed by atoms with van der Waals surface area (Å²) in [6.07, 6.45) is 4.04. The molecule has 0 spiro atoms. The molecule has 0 bridgehead atoms. The maximum atomic E-state index is 5.38. The van der Waals surface area contributed by atoms with Crippen LogP contribution in [-0.2, 0) is 0 Å². The Morgan fingerprint density at radius 2 is 2.00 bits per heavy atom. The summed E-state index contributed by atoms with van der Waals surface area (Å²) in [7, 11) is 3.47. The first kappa shape index (κ1) is 14.8. The summed E-state index contributed by atoms with van der Waals surface area (Å²) >= 11 is 0. The number of methoxy groups -OCH3 is 1. The number of nitrogens with one attached hydrogen (secondary N) is 2. The average molecular weight is 279 g/mol. The quantitative estimate of drug-likeness (QED) is 0.826. The lowest BCUT2D eigenvalue weighted by Crippen LogP contribution is -2.35. The Kier molecular flexibility index (Phi) is 5.40. The fourth-order valence-corrected chi connectivity index (χ4v) is 2.62. The van der Waals surface area contributed by atoms with Crippen molar-refractivity contribution >= 4 is 11.6 Å². The van der Waals surface area contributed by atoms with E-state index in [4.69, 9.17) is 4.74 Å². The van der Waals surface area contributed by atoms with Crippen LogP contribution >= 0.6 is 0 Å². The van der Waals surface area contributed by atoms with Crippen LogP contribution in [0.1, 0.15) is 19.8 Å². The van der Waals surface area contributed by atoms with E-state index in [9.17, 15) is 0 Å². The first-order valence-electron chi connectivity index (χ1n) is 7.31. The van der Waals surface area contributed by atoms with Gasteiger partial charge in [0.25, 0.3) is 0 Å². The molecule has 6 heteroatoms. The number of likely N-dealkylation sites (tertiary alicyclic amines) is 1. The highest BCUT2D eigenvalue weighted by Gasteiger charge is 2.19. The SMILES string of the molecule is CCN1CCC(CNc2ncnc(NC)c2OC)CC1. The minimum atomic E-state index is 0.681. The number of aromatic nitrogens is 2. The minimum absolute atomic E-state index is 0.681. The van der Waals surface area contributed by atoms with Gasteiger partial charge in [-0.15, -0.1) is 0 Å². The van der Waals surface area contributed by atoms with E-state index in [0.717, 1.165) is 18.9 Å². The van der Waals surface area contributed by atoms with Crippen molar-refractivity contribution in [3.05, 3.63) is 6.33 Å². The van der Waals surface area contributed by atoms with Gasteiger partial charge < -0.3 is 20.3 Å². The van der Waals surface area contributed by atoms with Gasteiger partial charge in [0.1, 0.15) is 6.33 Å². The van der Waals surface area contributed by atoms with Crippen LogP contribution in [-0.4, -0.2) is 55.2 Å². The molecular weight excluding hydrogens is 254 g/mol. The second-order valence-electron chi connectivity index (χ2n) is 5.11. The Hall–Kier alpha value is -1.56. The Labute approximate surface area is 120 Å². The van der Waals surface area contributed by atoms with Crippen LogP contribution in [0.25, 0.3) is 0 Å². The van der Waals surface area contributed by atoms with E-state index in [2.05, 4.69) is 32.4 Å². The third-order valence-corrected chi connectivity index (χ3v) is 3.96. The van der Waals surface area contributed by atoms with Crippen LogP contribution in [0.2, 0.25) is 0 Å². The molecule has 0 saturated carbocycles. The summed E-state index contributed by atoms with van der Waals surface area (Å²) in [5.74, 6) is 2.87. The van der Waals surface area contributed by atoms with Crippen molar-refractivity contribution < 1.29 is 4.74 Å². The largest absolute Gasteiger partial charge is 0.490 e. The van der Waals surface area contributed by atoms with E-state index in [-0.39, 0.29) is 0 Å². The highest BCUT2D eigenvalue weighted by Crippen LogP contribution is 2.29. The molecule has 0 amide bonds. The number of nitrogens with zero attached hydrogens (tertiary/aromatic N) is 3. The zero-order chi connectivity index (χ0) is 14.4. The molecule has 1 aliphatic heterocycles. The van der Waals surface area contributed by atoms with Gasteiger partial charge in [0.05, 0.1) is 7.11 Å². The predicted molar refractivity (Wildman–Crippen MR) is 81.5 cm³/mol. The molecule has 1 aliphatic rings. The average Bonchev–Trinajstić information content (AvgIpc) is 2.52. The van der Waals surface area contributed by atoms with Gasteiger partial charge in [-0.1, -0.05) is 6.92 Å². The Morgan fingerprint density at radius 1 is 1.30 bits per heavy atom. The van der Waals surface area contributed by atoms with Gasteiger partial charge in [0.2, 0.25) is 5.75 Å². The van der Waals surface area contributed by atoms with Crippen LogP contribution in [0.3, 0.4) is 0 Å². The van der Waals surface area contributed by atoms with Crippen LogP contribution in [0.5, 0.6) is 5.75 Å². The van der Waals surface area contributed by atoms with Gasteiger partial charge in [0.15, 0.2) is 11.6 Å². The van der Waals surface area contributed by atoms with Crippen LogP contribution in [0.15, 0.2) is 6.33 Å². The van der Waals surface area contributed by atoms with Crippen molar-refractivity contribution in [3.8, 4) is 5.75 Å². The molecule has 0 atom stereocenters. The van der Waals surface area contributed by atoms with Gasteiger partial charge >= 0.3 is 0 Å². The highest BCUT2D eigenvalue weighted by atomic mass is 16.5. The molecule has 2 rings (SSSR count). The standard InChI is InChI=1S/C14H25N5O/c1-4-19-7-5-11(6-8-19)9-16-14-12(20-3)13(15-2)17-10-18-14/h10-11H,4-9H2,1-3H3,(H2,15,16,17,18). The highest BCUT2D eigenvalue weighted by molar-refractivity contribution is 5.63. The molecule has 6 nitrogen and oxygen atoms in total. The Bertz CT molecular complexity index is 418. The number of rotatable bonds is 6. The molecule has 0 radical (unpaired) electrons.